The molecule has 3 heterocycles. The van der Waals surface area contributed by atoms with Crippen LogP contribution in [0.25, 0.3) is 22.6 Å². The largest absolute Gasteiger partial charge is 0.477 e. The van der Waals surface area contributed by atoms with Crippen molar-refractivity contribution in [1.29, 1.82) is 0 Å². The third-order valence-electron chi connectivity index (χ3n) is 6.74. The molecule has 1 aliphatic carbocycles. The number of aliphatic hydroxyl groups excluding tert-OH is 1. The maximum Gasteiger partial charge on any atom is 0.332 e. The Balaban J connectivity index is 1.78. The van der Waals surface area contributed by atoms with E-state index in [0.717, 1.165) is 24.0 Å². The van der Waals surface area contributed by atoms with Crippen LogP contribution in [0.5, 0.6) is 5.88 Å². The van der Waals surface area contributed by atoms with Gasteiger partial charge in [-0.25, -0.2) is 14.8 Å². The summed E-state index contributed by atoms with van der Waals surface area (Å²) in [7, 11) is 0. The molecule has 194 valence electrons. The van der Waals surface area contributed by atoms with Crippen LogP contribution >= 0.6 is 0 Å². The van der Waals surface area contributed by atoms with Gasteiger partial charge in [0, 0.05) is 31.9 Å². The van der Waals surface area contributed by atoms with Crippen LogP contribution in [0.3, 0.4) is 0 Å². The van der Waals surface area contributed by atoms with Crippen LogP contribution in [0.15, 0.2) is 52.2 Å². The molecule has 1 saturated carbocycles. The third-order valence-corrected chi connectivity index (χ3v) is 6.74. The average molecular weight is 504 g/mol. The smallest absolute Gasteiger partial charge is 0.332 e. The van der Waals surface area contributed by atoms with E-state index < -0.39 is 11.2 Å². The average Bonchev–Trinajstić information content (AvgIpc) is 3.64. The molecule has 3 aromatic heterocycles. The van der Waals surface area contributed by atoms with Gasteiger partial charge in [0.25, 0.3) is 5.56 Å². The van der Waals surface area contributed by atoms with Gasteiger partial charge in [0.2, 0.25) is 5.88 Å². The van der Waals surface area contributed by atoms with Crippen molar-refractivity contribution in [2.24, 2.45) is 5.92 Å². The Bertz CT molecular complexity index is 1530. The van der Waals surface area contributed by atoms with Crippen LogP contribution in [-0.2, 0) is 13.1 Å². The first-order valence-corrected chi connectivity index (χ1v) is 12.9. The molecule has 0 amide bonds. The standard InChI is InChI=1S/C28H33N5O4/c1-18(2)33-25-23(27(35)31(28(33)36)14-5-15-34)32(16-20-9-7-19(3)8-10-20)24(30-25)22-6-4-13-29-26(22)37-17-21-11-12-21/h4,6-10,13,18,21,34H,5,11-12,14-17H2,1-3H3. The Morgan fingerprint density at radius 3 is 2.54 bits per heavy atom. The lowest BCUT2D eigenvalue weighted by Gasteiger charge is -2.15. The van der Waals surface area contributed by atoms with Crippen LogP contribution in [0, 0.1) is 12.8 Å². The minimum absolute atomic E-state index is 0.114. The maximum atomic E-state index is 13.8. The van der Waals surface area contributed by atoms with Gasteiger partial charge in [-0.1, -0.05) is 29.8 Å². The van der Waals surface area contributed by atoms with Crippen molar-refractivity contribution in [2.75, 3.05) is 13.2 Å². The summed E-state index contributed by atoms with van der Waals surface area (Å²) < 4.78 is 10.7. The number of rotatable bonds is 10. The Morgan fingerprint density at radius 1 is 1.11 bits per heavy atom. The summed E-state index contributed by atoms with van der Waals surface area (Å²) in [5.74, 6) is 1.54. The molecule has 1 aromatic carbocycles. The van der Waals surface area contributed by atoms with E-state index in [4.69, 9.17) is 9.72 Å². The SMILES string of the molecule is Cc1ccc(Cn2c(-c3cccnc3OCC3CC3)nc3c2c(=O)n(CCCO)c(=O)n3C(C)C)cc1. The zero-order chi connectivity index (χ0) is 26.1. The van der Waals surface area contributed by atoms with Gasteiger partial charge in [-0.15, -0.1) is 0 Å². The number of aliphatic hydroxyl groups is 1. The summed E-state index contributed by atoms with van der Waals surface area (Å²) in [6.07, 6.45) is 4.30. The van der Waals surface area contributed by atoms with Crippen molar-refractivity contribution in [3.8, 4) is 17.3 Å². The van der Waals surface area contributed by atoms with Gasteiger partial charge in [-0.2, -0.15) is 0 Å². The molecule has 9 heteroatoms. The van der Waals surface area contributed by atoms with Gasteiger partial charge < -0.3 is 14.4 Å². The van der Waals surface area contributed by atoms with E-state index in [1.165, 1.54) is 4.57 Å². The normalized spacial score (nSPS) is 13.5. The van der Waals surface area contributed by atoms with E-state index in [1.807, 2.05) is 61.7 Å². The van der Waals surface area contributed by atoms with E-state index in [-0.39, 0.29) is 19.2 Å². The first-order chi connectivity index (χ1) is 17.9. The monoisotopic (exact) mass is 503 g/mol. The highest BCUT2D eigenvalue weighted by molar-refractivity contribution is 5.78. The van der Waals surface area contributed by atoms with Crippen LogP contribution < -0.4 is 16.0 Å². The molecule has 1 fully saturated rings. The second-order valence-corrected chi connectivity index (χ2v) is 10.1. The highest BCUT2D eigenvalue weighted by Gasteiger charge is 2.27. The molecular formula is C28H33N5O4. The number of hydrogen-bond donors (Lipinski definition) is 1. The van der Waals surface area contributed by atoms with Crippen molar-refractivity contribution in [3.05, 3.63) is 74.6 Å². The van der Waals surface area contributed by atoms with Crippen LogP contribution in [0.4, 0.5) is 0 Å². The molecule has 0 atom stereocenters. The fraction of sp³-hybridized carbons (Fsp3) is 0.429. The Kier molecular flexibility index (Phi) is 6.97. The van der Waals surface area contributed by atoms with E-state index in [1.54, 1.807) is 10.8 Å². The van der Waals surface area contributed by atoms with Crippen molar-refractivity contribution >= 4 is 11.2 Å². The van der Waals surface area contributed by atoms with E-state index >= 15 is 0 Å². The Hall–Kier alpha value is -3.72. The number of aryl methyl sites for hydroxylation is 1. The molecule has 37 heavy (non-hydrogen) atoms. The lowest BCUT2D eigenvalue weighted by molar-refractivity contribution is 0.277. The summed E-state index contributed by atoms with van der Waals surface area (Å²) in [5, 5.41) is 9.39. The summed E-state index contributed by atoms with van der Waals surface area (Å²) in [6, 6.07) is 11.6. The van der Waals surface area contributed by atoms with E-state index in [0.29, 0.717) is 53.9 Å². The quantitative estimate of drug-likeness (QED) is 0.355. The van der Waals surface area contributed by atoms with Gasteiger partial charge in [0.15, 0.2) is 11.2 Å². The highest BCUT2D eigenvalue weighted by atomic mass is 16.5. The summed E-state index contributed by atoms with van der Waals surface area (Å²) >= 11 is 0. The maximum absolute atomic E-state index is 13.8. The van der Waals surface area contributed by atoms with Crippen LogP contribution in [0.1, 0.15) is 50.3 Å². The molecule has 5 rings (SSSR count). The summed E-state index contributed by atoms with van der Waals surface area (Å²) in [4.78, 5) is 36.6. The molecule has 0 bridgehead atoms. The topological polar surface area (TPSA) is 104 Å². The molecule has 0 radical (unpaired) electrons. The van der Waals surface area contributed by atoms with Gasteiger partial charge in [0.1, 0.15) is 5.82 Å². The summed E-state index contributed by atoms with van der Waals surface area (Å²) in [6.45, 7) is 6.81. The predicted octanol–water partition coefficient (Wildman–Crippen LogP) is 3.53. The molecular weight excluding hydrogens is 470 g/mol. The molecule has 1 N–H and O–H groups in total. The van der Waals surface area contributed by atoms with Gasteiger partial charge >= 0.3 is 5.69 Å². The van der Waals surface area contributed by atoms with Gasteiger partial charge in [-0.3, -0.25) is 13.9 Å². The fourth-order valence-electron chi connectivity index (χ4n) is 4.54. The number of benzene rings is 1. The number of fused-ring (bicyclic) bond motifs is 1. The molecule has 9 nitrogen and oxygen atoms in total. The predicted molar refractivity (Wildman–Crippen MR) is 142 cm³/mol. The first kappa shape index (κ1) is 25.0. The van der Waals surface area contributed by atoms with Gasteiger partial charge in [-0.05, 0) is 63.6 Å². The van der Waals surface area contributed by atoms with Crippen molar-refractivity contribution < 1.29 is 9.84 Å². The summed E-state index contributed by atoms with van der Waals surface area (Å²) in [5.41, 5.74) is 2.66. The molecule has 1 aliphatic rings. The Labute approximate surface area is 215 Å². The number of pyridine rings is 1. The number of ether oxygens (including phenoxy) is 1. The minimum Gasteiger partial charge on any atom is -0.477 e. The molecule has 0 spiro atoms. The fourth-order valence-corrected chi connectivity index (χ4v) is 4.54. The minimum atomic E-state index is -0.427. The Morgan fingerprint density at radius 2 is 1.86 bits per heavy atom. The zero-order valence-electron chi connectivity index (χ0n) is 21.6. The first-order valence-electron chi connectivity index (χ1n) is 12.9. The molecule has 0 saturated heterocycles. The third kappa shape index (κ3) is 4.96. The molecule has 0 aliphatic heterocycles. The molecule has 4 aromatic rings. The highest BCUT2D eigenvalue weighted by Crippen LogP contribution is 2.33. The number of nitrogens with zero attached hydrogens (tertiary/aromatic N) is 5. The number of imidazole rings is 1. The second-order valence-electron chi connectivity index (χ2n) is 10.1. The van der Waals surface area contributed by atoms with Crippen molar-refractivity contribution in [1.82, 2.24) is 23.7 Å². The van der Waals surface area contributed by atoms with E-state index in [2.05, 4.69) is 4.98 Å². The van der Waals surface area contributed by atoms with Gasteiger partial charge in [0.05, 0.1) is 12.2 Å². The molecule has 0 unspecified atom stereocenters. The second kappa shape index (κ2) is 10.3. The number of aromatic nitrogens is 5. The van der Waals surface area contributed by atoms with Crippen LogP contribution in [-0.4, -0.2) is 42.0 Å². The number of hydrogen-bond acceptors (Lipinski definition) is 6. The lowest BCUT2D eigenvalue weighted by Crippen LogP contribution is -2.41. The zero-order valence-corrected chi connectivity index (χ0v) is 21.6. The van der Waals surface area contributed by atoms with Crippen molar-refractivity contribution in [2.45, 2.75) is 59.2 Å². The lowest BCUT2D eigenvalue weighted by atomic mass is 10.1. The van der Waals surface area contributed by atoms with Crippen molar-refractivity contribution in [3.63, 3.8) is 0 Å². The van der Waals surface area contributed by atoms with E-state index in [9.17, 15) is 14.7 Å². The van der Waals surface area contributed by atoms with Crippen LogP contribution in [0.2, 0.25) is 0 Å².